The highest BCUT2D eigenvalue weighted by Crippen LogP contribution is 2.35. The van der Waals surface area contributed by atoms with Crippen LogP contribution in [0.15, 0.2) is 78.0 Å². The van der Waals surface area contributed by atoms with Crippen LogP contribution in [0.1, 0.15) is 44.4 Å². The second-order valence-electron chi connectivity index (χ2n) is 10.5. The lowest BCUT2D eigenvalue weighted by atomic mass is 9.92. The van der Waals surface area contributed by atoms with E-state index in [1.807, 2.05) is 6.07 Å². The number of halogens is 4. The summed E-state index contributed by atoms with van der Waals surface area (Å²) in [7, 11) is -3.41. The second kappa shape index (κ2) is 12.0. The van der Waals surface area contributed by atoms with Crippen LogP contribution in [0.5, 0.6) is 0 Å². The van der Waals surface area contributed by atoms with Gasteiger partial charge in [0.2, 0.25) is 5.91 Å². The standard InChI is InChI=1S/C29H30F4N4O3S/c1-27(2,30)16-24(26(38)37-28(3,18-34)22-6-5-15-35-17-22)36-25(29(31,32)33)21-9-7-19(8-10-21)20-11-13-23(14-12-20)41(4,39)40/h5-15,17,24-25,36H,16H2,1-4H3,(H,37,38)/t24-,25-,28+/m0/s1. The molecular formula is C29H30F4N4O3S. The zero-order valence-corrected chi connectivity index (χ0v) is 23.6. The summed E-state index contributed by atoms with van der Waals surface area (Å²) >= 11 is 0. The summed E-state index contributed by atoms with van der Waals surface area (Å²) in [5.74, 6) is -0.986. The van der Waals surface area contributed by atoms with Gasteiger partial charge in [-0.1, -0.05) is 42.5 Å². The average Bonchev–Trinajstić information content (AvgIpc) is 2.90. The van der Waals surface area contributed by atoms with Crippen molar-refractivity contribution >= 4 is 15.7 Å². The van der Waals surface area contributed by atoms with Gasteiger partial charge in [-0.25, -0.2) is 12.8 Å². The smallest absolute Gasteiger partial charge is 0.333 e. The number of benzene rings is 2. The third-order valence-corrected chi connectivity index (χ3v) is 7.53. The number of hydrogen-bond donors (Lipinski definition) is 2. The highest BCUT2D eigenvalue weighted by Gasteiger charge is 2.44. The van der Waals surface area contributed by atoms with Gasteiger partial charge in [-0.2, -0.15) is 18.4 Å². The van der Waals surface area contributed by atoms with E-state index in [0.29, 0.717) is 16.7 Å². The van der Waals surface area contributed by atoms with Gasteiger partial charge < -0.3 is 5.32 Å². The van der Waals surface area contributed by atoms with Crippen LogP contribution in [-0.2, 0) is 20.2 Å². The molecule has 41 heavy (non-hydrogen) atoms. The second-order valence-corrected chi connectivity index (χ2v) is 12.5. The molecule has 1 heterocycles. The molecular weight excluding hydrogens is 560 g/mol. The molecule has 3 aromatic rings. The van der Waals surface area contributed by atoms with Crippen LogP contribution >= 0.6 is 0 Å². The van der Waals surface area contributed by atoms with Crippen LogP contribution in [0.3, 0.4) is 0 Å². The van der Waals surface area contributed by atoms with E-state index in [-0.39, 0.29) is 10.5 Å². The Bertz CT molecular complexity index is 1500. The molecule has 0 unspecified atom stereocenters. The Balaban J connectivity index is 1.91. The van der Waals surface area contributed by atoms with Crippen molar-refractivity contribution in [1.82, 2.24) is 15.6 Å². The summed E-state index contributed by atoms with van der Waals surface area (Å²) in [6, 6.07) is 12.3. The van der Waals surface area contributed by atoms with E-state index < -0.39 is 51.6 Å². The van der Waals surface area contributed by atoms with Crippen molar-refractivity contribution in [2.75, 3.05) is 6.26 Å². The van der Waals surface area contributed by atoms with E-state index in [4.69, 9.17) is 0 Å². The third kappa shape index (κ3) is 8.34. The van der Waals surface area contributed by atoms with Crippen LogP contribution < -0.4 is 10.6 Å². The number of amides is 1. The topological polar surface area (TPSA) is 112 Å². The van der Waals surface area contributed by atoms with Gasteiger partial charge in [-0.05, 0) is 55.7 Å². The molecule has 12 heteroatoms. The number of nitrogens with one attached hydrogen (secondary N) is 2. The van der Waals surface area contributed by atoms with E-state index in [2.05, 4.69) is 15.6 Å². The fourth-order valence-corrected chi connectivity index (χ4v) is 4.84. The summed E-state index contributed by atoms with van der Waals surface area (Å²) in [6.45, 7) is 3.67. The van der Waals surface area contributed by atoms with E-state index in [0.717, 1.165) is 20.1 Å². The molecule has 2 aromatic carbocycles. The first-order valence-electron chi connectivity index (χ1n) is 12.5. The number of sulfone groups is 1. The van der Waals surface area contributed by atoms with E-state index in [1.54, 1.807) is 18.2 Å². The van der Waals surface area contributed by atoms with Crippen molar-refractivity contribution < 1.29 is 30.8 Å². The van der Waals surface area contributed by atoms with Crippen molar-refractivity contribution in [3.8, 4) is 17.2 Å². The lowest BCUT2D eigenvalue weighted by Crippen LogP contribution is -2.55. The first kappa shape index (κ1) is 31.7. The zero-order chi connectivity index (χ0) is 30.6. The molecule has 3 rings (SSSR count). The average molecular weight is 591 g/mol. The summed E-state index contributed by atoms with van der Waals surface area (Å²) < 4.78 is 81.0. The lowest BCUT2D eigenvalue weighted by molar-refractivity contribution is -0.161. The molecule has 7 nitrogen and oxygen atoms in total. The van der Waals surface area contributed by atoms with E-state index in [1.165, 1.54) is 61.8 Å². The van der Waals surface area contributed by atoms with Gasteiger partial charge in [0.15, 0.2) is 15.4 Å². The molecule has 218 valence electrons. The Morgan fingerprint density at radius 3 is 1.98 bits per heavy atom. The van der Waals surface area contributed by atoms with Gasteiger partial charge in [-0.3, -0.25) is 15.1 Å². The minimum atomic E-state index is -4.86. The fraction of sp³-hybridized carbons (Fsp3) is 0.345. The number of rotatable bonds is 10. The van der Waals surface area contributed by atoms with Gasteiger partial charge in [0.25, 0.3) is 0 Å². The Morgan fingerprint density at radius 1 is 0.976 bits per heavy atom. The molecule has 0 spiro atoms. The number of aromatic nitrogens is 1. The van der Waals surface area contributed by atoms with Gasteiger partial charge in [0, 0.05) is 30.6 Å². The zero-order valence-electron chi connectivity index (χ0n) is 22.8. The molecule has 0 radical (unpaired) electrons. The maximum absolute atomic E-state index is 14.7. The lowest BCUT2D eigenvalue weighted by Gasteiger charge is -2.32. The summed E-state index contributed by atoms with van der Waals surface area (Å²) in [6.07, 6.45) is -1.59. The SMILES string of the molecule is CC(C)(F)C[C@H](N[C@@H](c1ccc(-c2ccc(S(C)(=O)=O)cc2)cc1)C(F)(F)F)C(=O)N[C@](C)(C#N)c1cccnc1. The molecule has 1 amide bonds. The quantitative estimate of drug-likeness (QED) is 0.306. The number of nitrogens with zero attached hydrogens (tertiary/aromatic N) is 2. The molecule has 0 fully saturated rings. The van der Waals surface area contributed by atoms with Crippen molar-refractivity contribution in [2.45, 2.75) is 61.6 Å². The number of alkyl halides is 4. The first-order valence-corrected chi connectivity index (χ1v) is 14.4. The van der Waals surface area contributed by atoms with Crippen LogP contribution in [0.25, 0.3) is 11.1 Å². The normalized spacial score (nSPS) is 15.3. The van der Waals surface area contributed by atoms with E-state index >= 15 is 0 Å². The number of pyridine rings is 1. The maximum atomic E-state index is 14.7. The molecule has 0 bridgehead atoms. The first-order chi connectivity index (χ1) is 18.9. The van der Waals surface area contributed by atoms with Gasteiger partial charge in [0.1, 0.15) is 11.7 Å². The van der Waals surface area contributed by atoms with Crippen LogP contribution in [-0.4, -0.2) is 43.5 Å². The Kier molecular flexibility index (Phi) is 9.25. The summed E-state index contributed by atoms with van der Waals surface area (Å²) in [4.78, 5) is 17.3. The fourth-order valence-electron chi connectivity index (χ4n) is 4.21. The maximum Gasteiger partial charge on any atom is 0.407 e. The number of carbonyl (C=O) groups is 1. The molecule has 0 aliphatic heterocycles. The molecule has 0 saturated carbocycles. The van der Waals surface area contributed by atoms with Gasteiger partial charge >= 0.3 is 6.18 Å². The summed E-state index contributed by atoms with van der Waals surface area (Å²) in [5.41, 5.74) is -2.45. The molecule has 3 atom stereocenters. The number of nitriles is 1. The summed E-state index contributed by atoms with van der Waals surface area (Å²) in [5, 5.41) is 14.5. The van der Waals surface area contributed by atoms with Gasteiger partial charge in [-0.15, -0.1) is 0 Å². The predicted octanol–water partition coefficient (Wildman–Crippen LogP) is 5.41. The monoisotopic (exact) mass is 590 g/mol. The molecule has 0 saturated heterocycles. The highest BCUT2D eigenvalue weighted by molar-refractivity contribution is 7.90. The van der Waals surface area contributed by atoms with Crippen LogP contribution in [0.4, 0.5) is 17.6 Å². The molecule has 2 N–H and O–H groups in total. The van der Waals surface area contributed by atoms with E-state index in [9.17, 15) is 36.0 Å². The molecule has 0 aliphatic rings. The van der Waals surface area contributed by atoms with Crippen molar-refractivity contribution in [1.29, 1.82) is 5.26 Å². The van der Waals surface area contributed by atoms with Crippen molar-refractivity contribution in [2.24, 2.45) is 0 Å². The van der Waals surface area contributed by atoms with Crippen molar-refractivity contribution in [3.63, 3.8) is 0 Å². The minimum absolute atomic E-state index is 0.107. The Labute approximate surface area is 236 Å². The van der Waals surface area contributed by atoms with Crippen LogP contribution in [0.2, 0.25) is 0 Å². The van der Waals surface area contributed by atoms with Gasteiger partial charge in [0.05, 0.1) is 17.0 Å². The Hall–Kier alpha value is -3.82. The highest BCUT2D eigenvalue weighted by atomic mass is 32.2. The largest absolute Gasteiger partial charge is 0.407 e. The number of hydrogen-bond acceptors (Lipinski definition) is 6. The number of carbonyl (C=O) groups excluding carboxylic acids is 1. The third-order valence-electron chi connectivity index (χ3n) is 6.40. The predicted molar refractivity (Wildman–Crippen MR) is 146 cm³/mol. The minimum Gasteiger partial charge on any atom is -0.333 e. The molecule has 1 aromatic heterocycles. The molecule has 0 aliphatic carbocycles. The Morgan fingerprint density at radius 2 is 1.54 bits per heavy atom. The van der Waals surface area contributed by atoms with Crippen LogP contribution in [0, 0.1) is 11.3 Å². The van der Waals surface area contributed by atoms with Crippen molar-refractivity contribution in [3.05, 3.63) is 84.2 Å².